The van der Waals surface area contributed by atoms with E-state index < -0.39 is 0 Å². The van der Waals surface area contributed by atoms with E-state index in [9.17, 15) is 4.79 Å². The summed E-state index contributed by atoms with van der Waals surface area (Å²) in [5.41, 5.74) is 4.17. The topological polar surface area (TPSA) is 88.0 Å². The molecular weight excluding hydrogens is 450 g/mol. The Balaban J connectivity index is 1.48. The van der Waals surface area contributed by atoms with Gasteiger partial charge in [-0.3, -0.25) is 19.4 Å². The smallest absolute Gasteiger partial charge is 0.228 e. The summed E-state index contributed by atoms with van der Waals surface area (Å²) in [5.74, 6) is 1.20. The maximum atomic E-state index is 13.0. The molecule has 0 atom stereocenters. The molecule has 0 radical (unpaired) electrons. The van der Waals surface area contributed by atoms with Gasteiger partial charge in [0.25, 0.3) is 0 Å². The van der Waals surface area contributed by atoms with Crippen LogP contribution in [0.3, 0.4) is 0 Å². The number of pyridine rings is 2. The van der Waals surface area contributed by atoms with Gasteiger partial charge < -0.3 is 10.6 Å². The van der Waals surface area contributed by atoms with Crippen molar-refractivity contribution in [1.29, 1.82) is 0 Å². The molecule has 8 heteroatoms. The number of amides is 1. The van der Waals surface area contributed by atoms with E-state index in [0.717, 1.165) is 79.7 Å². The fraction of sp³-hybridized carbons (Fsp3) is 0.571. The number of fused-ring (bicyclic) bond motifs is 1. The lowest BCUT2D eigenvalue weighted by Crippen LogP contribution is -2.34. The fourth-order valence-corrected chi connectivity index (χ4v) is 5.48. The Kier molecular flexibility index (Phi) is 7.62. The molecule has 8 nitrogen and oxygen atoms in total. The van der Waals surface area contributed by atoms with Crippen molar-refractivity contribution in [3.63, 3.8) is 0 Å². The largest absolute Gasteiger partial charge is 0.317 e. The number of carbonyl (C=O) groups is 1. The molecule has 0 aromatic carbocycles. The number of nitrogens with zero attached hydrogens (tertiary/aromatic N) is 5. The quantitative estimate of drug-likeness (QED) is 0.518. The molecule has 2 aliphatic heterocycles. The minimum atomic E-state index is 0.0398. The van der Waals surface area contributed by atoms with Crippen molar-refractivity contribution in [3.8, 4) is 11.3 Å². The number of hydrogen-bond donors (Lipinski definition) is 2. The van der Waals surface area contributed by atoms with Gasteiger partial charge in [0.05, 0.1) is 23.3 Å². The Hall–Kier alpha value is -2.84. The van der Waals surface area contributed by atoms with Crippen molar-refractivity contribution >= 4 is 22.5 Å². The minimum absolute atomic E-state index is 0.0398. The van der Waals surface area contributed by atoms with Gasteiger partial charge in [-0.05, 0) is 81.7 Å². The van der Waals surface area contributed by atoms with E-state index in [4.69, 9.17) is 9.97 Å². The van der Waals surface area contributed by atoms with Crippen LogP contribution in [0.4, 0.5) is 5.82 Å². The molecule has 0 bridgehead atoms. The zero-order chi connectivity index (χ0) is 25.1. The van der Waals surface area contributed by atoms with Crippen molar-refractivity contribution in [2.45, 2.75) is 58.9 Å². The highest BCUT2D eigenvalue weighted by Crippen LogP contribution is 2.30. The van der Waals surface area contributed by atoms with Crippen LogP contribution in [-0.4, -0.2) is 56.7 Å². The number of piperidine rings is 2. The zero-order valence-corrected chi connectivity index (χ0v) is 21.9. The van der Waals surface area contributed by atoms with Crippen LogP contribution >= 0.6 is 0 Å². The molecule has 0 unspecified atom stereocenters. The van der Waals surface area contributed by atoms with Crippen LogP contribution in [0.5, 0.6) is 0 Å². The second-order valence-corrected chi connectivity index (χ2v) is 10.8. The third-order valence-corrected chi connectivity index (χ3v) is 7.52. The summed E-state index contributed by atoms with van der Waals surface area (Å²) in [6.07, 6.45) is 10.3. The second kappa shape index (κ2) is 11.0. The van der Waals surface area contributed by atoms with E-state index in [1.165, 1.54) is 25.0 Å². The van der Waals surface area contributed by atoms with E-state index in [0.29, 0.717) is 11.7 Å². The van der Waals surface area contributed by atoms with Crippen LogP contribution in [-0.2, 0) is 24.8 Å². The number of rotatable bonds is 7. The SMILES string of the molecule is CC(C)Cc1nc(NC(=O)C2CCNCC2)cc2cc(-c3cnn(C)c3CN3CCCCC3)ncc12. The van der Waals surface area contributed by atoms with Crippen molar-refractivity contribution < 1.29 is 4.79 Å². The van der Waals surface area contributed by atoms with Gasteiger partial charge in [0, 0.05) is 36.7 Å². The summed E-state index contributed by atoms with van der Waals surface area (Å²) in [6, 6.07) is 4.14. The maximum absolute atomic E-state index is 13.0. The predicted molar refractivity (Wildman–Crippen MR) is 144 cm³/mol. The van der Waals surface area contributed by atoms with Crippen LogP contribution in [0, 0.1) is 11.8 Å². The number of carbonyl (C=O) groups excluding carboxylic acids is 1. The highest BCUT2D eigenvalue weighted by atomic mass is 16.1. The van der Waals surface area contributed by atoms with E-state index in [1.54, 1.807) is 0 Å². The van der Waals surface area contributed by atoms with Crippen LogP contribution < -0.4 is 10.6 Å². The lowest BCUT2D eigenvalue weighted by molar-refractivity contribution is -0.120. The minimum Gasteiger partial charge on any atom is -0.317 e. The Bertz CT molecular complexity index is 1210. The number of likely N-dealkylation sites (tertiary alicyclic amines) is 1. The molecule has 192 valence electrons. The van der Waals surface area contributed by atoms with Gasteiger partial charge in [0.1, 0.15) is 5.82 Å². The first-order valence-corrected chi connectivity index (χ1v) is 13.5. The molecule has 5 rings (SSSR count). The normalized spacial score (nSPS) is 17.7. The number of anilines is 1. The highest BCUT2D eigenvalue weighted by Gasteiger charge is 2.22. The Labute approximate surface area is 213 Å². The molecule has 2 N–H and O–H groups in total. The molecule has 2 saturated heterocycles. The van der Waals surface area contributed by atoms with Crippen LogP contribution in [0.1, 0.15) is 57.3 Å². The zero-order valence-electron chi connectivity index (χ0n) is 21.9. The first kappa shape index (κ1) is 24.8. The Morgan fingerprint density at radius 1 is 1.14 bits per heavy atom. The third-order valence-electron chi connectivity index (χ3n) is 7.52. The summed E-state index contributed by atoms with van der Waals surface area (Å²) in [6.45, 7) is 9.33. The van der Waals surface area contributed by atoms with E-state index >= 15 is 0 Å². The summed E-state index contributed by atoms with van der Waals surface area (Å²) in [7, 11) is 2.02. The molecule has 2 aliphatic rings. The van der Waals surface area contributed by atoms with Crippen molar-refractivity contribution in [2.75, 3.05) is 31.5 Å². The Morgan fingerprint density at radius 2 is 1.92 bits per heavy atom. The maximum Gasteiger partial charge on any atom is 0.228 e. The first-order chi connectivity index (χ1) is 17.5. The lowest BCUT2D eigenvalue weighted by Gasteiger charge is -2.26. The molecule has 0 spiro atoms. The van der Waals surface area contributed by atoms with Crippen LogP contribution in [0.25, 0.3) is 22.0 Å². The molecule has 2 fully saturated rings. The predicted octanol–water partition coefficient (Wildman–Crippen LogP) is 4.15. The monoisotopic (exact) mass is 489 g/mol. The van der Waals surface area contributed by atoms with Crippen LogP contribution in [0.2, 0.25) is 0 Å². The molecule has 3 aromatic heterocycles. The third kappa shape index (κ3) is 5.60. The summed E-state index contributed by atoms with van der Waals surface area (Å²) < 4.78 is 1.98. The molecule has 3 aromatic rings. The first-order valence-electron chi connectivity index (χ1n) is 13.5. The highest BCUT2D eigenvalue weighted by molar-refractivity contribution is 5.95. The molecule has 0 saturated carbocycles. The lowest BCUT2D eigenvalue weighted by atomic mass is 9.97. The molecular formula is C28H39N7O. The number of hydrogen-bond acceptors (Lipinski definition) is 6. The van der Waals surface area contributed by atoms with Gasteiger partial charge in [-0.1, -0.05) is 20.3 Å². The van der Waals surface area contributed by atoms with Crippen molar-refractivity contribution in [3.05, 3.63) is 35.9 Å². The fourth-order valence-electron chi connectivity index (χ4n) is 5.48. The average Bonchev–Trinajstić information content (AvgIpc) is 3.24. The summed E-state index contributed by atoms with van der Waals surface area (Å²) >= 11 is 0. The Morgan fingerprint density at radius 3 is 2.67 bits per heavy atom. The van der Waals surface area contributed by atoms with Gasteiger partial charge >= 0.3 is 0 Å². The van der Waals surface area contributed by atoms with Crippen molar-refractivity contribution in [2.24, 2.45) is 18.9 Å². The average molecular weight is 490 g/mol. The van der Waals surface area contributed by atoms with E-state index in [-0.39, 0.29) is 11.8 Å². The van der Waals surface area contributed by atoms with E-state index in [2.05, 4.69) is 40.5 Å². The second-order valence-electron chi connectivity index (χ2n) is 10.8. The van der Waals surface area contributed by atoms with Gasteiger partial charge in [0.2, 0.25) is 5.91 Å². The number of nitrogens with one attached hydrogen (secondary N) is 2. The summed E-state index contributed by atoms with van der Waals surface area (Å²) in [5, 5.41) is 13.1. The van der Waals surface area contributed by atoms with Gasteiger partial charge in [-0.2, -0.15) is 5.10 Å². The van der Waals surface area contributed by atoms with Crippen LogP contribution in [0.15, 0.2) is 24.5 Å². The molecule has 36 heavy (non-hydrogen) atoms. The molecule has 0 aliphatic carbocycles. The number of aryl methyl sites for hydroxylation is 1. The summed E-state index contributed by atoms with van der Waals surface area (Å²) in [4.78, 5) is 25.2. The van der Waals surface area contributed by atoms with Crippen molar-refractivity contribution in [1.82, 2.24) is 30.0 Å². The van der Waals surface area contributed by atoms with Gasteiger partial charge in [-0.25, -0.2) is 4.98 Å². The van der Waals surface area contributed by atoms with E-state index in [1.807, 2.05) is 30.2 Å². The molecule has 5 heterocycles. The van der Waals surface area contributed by atoms with Gasteiger partial charge in [0.15, 0.2) is 0 Å². The number of aromatic nitrogens is 4. The van der Waals surface area contributed by atoms with Gasteiger partial charge in [-0.15, -0.1) is 0 Å². The standard InChI is InChI=1S/C28H39N7O/c1-19(2)13-25-22-16-30-24(23-17-31-34(3)26(23)18-35-11-5-4-6-12-35)14-21(22)15-27(32-25)33-28(36)20-7-9-29-10-8-20/h14-17,19-20,29H,4-13,18H2,1-3H3,(H,32,33,36). The molecule has 1 amide bonds.